The molecule has 0 aromatic carbocycles. The first-order valence-electron chi connectivity index (χ1n) is 4.90. The topological polar surface area (TPSA) is 29.5 Å². The van der Waals surface area contributed by atoms with Crippen LogP contribution in [0.2, 0.25) is 0 Å². The predicted octanol–water partition coefficient (Wildman–Crippen LogP) is 2.08. The lowest BCUT2D eigenvalue weighted by Crippen LogP contribution is -2.04. The maximum atomic E-state index is 10.8. The number of ether oxygens (including phenoxy) is 1. The molecule has 0 spiro atoms. The summed E-state index contributed by atoms with van der Waals surface area (Å²) in [4.78, 5) is 12.8. The van der Waals surface area contributed by atoms with Crippen molar-refractivity contribution >= 4 is 5.97 Å². The molecule has 0 saturated heterocycles. The van der Waals surface area contributed by atoms with E-state index in [2.05, 4.69) is 0 Å². The predicted molar refractivity (Wildman–Crippen MR) is 60.3 cm³/mol. The summed E-state index contributed by atoms with van der Waals surface area (Å²) in [5.74, 6) is -0.204. The van der Waals surface area contributed by atoms with E-state index in [0.717, 1.165) is 6.42 Å². The second-order valence-corrected chi connectivity index (χ2v) is 3.36. The Labute approximate surface area is 87.7 Å². The molecule has 0 fully saturated rings. The van der Waals surface area contributed by atoms with Crippen LogP contribution in [0.15, 0.2) is 11.6 Å². The second-order valence-electron chi connectivity index (χ2n) is 3.36. The zero-order chi connectivity index (χ0) is 11.6. The summed E-state index contributed by atoms with van der Waals surface area (Å²) >= 11 is 0. The Hall–Kier alpha value is -0.830. The average Bonchev–Trinajstić information content (AvgIpc) is 2.04. The molecule has 0 bridgehead atoms. The fourth-order valence-corrected chi connectivity index (χ4v) is 0.634. The van der Waals surface area contributed by atoms with Crippen LogP contribution in [0.4, 0.5) is 0 Å². The molecular formula is C11H23NO2. The van der Waals surface area contributed by atoms with Crippen molar-refractivity contribution in [2.24, 2.45) is 0 Å². The summed E-state index contributed by atoms with van der Waals surface area (Å²) in [7, 11) is 6.00. The van der Waals surface area contributed by atoms with Crippen LogP contribution in [0, 0.1) is 0 Å². The molecular weight excluding hydrogens is 178 g/mol. The van der Waals surface area contributed by atoms with Gasteiger partial charge in [-0.15, -0.1) is 0 Å². The van der Waals surface area contributed by atoms with Crippen molar-refractivity contribution < 1.29 is 9.53 Å². The lowest BCUT2D eigenvalue weighted by atomic mass is 10.2. The molecule has 0 heterocycles. The van der Waals surface area contributed by atoms with E-state index < -0.39 is 0 Å². The van der Waals surface area contributed by atoms with Crippen molar-refractivity contribution in [3.05, 3.63) is 11.6 Å². The fraction of sp³-hybridized carbons (Fsp3) is 0.727. The number of rotatable bonds is 3. The van der Waals surface area contributed by atoms with Gasteiger partial charge in [-0.05, 0) is 41.4 Å². The number of esters is 1. The Balaban J connectivity index is 0. The number of hydrogen-bond donors (Lipinski definition) is 0. The second kappa shape index (κ2) is 10.3. The maximum absolute atomic E-state index is 10.8. The SMILES string of the molecule is CC/C=C(\C)C(=O)OCC.CN(C)C. The van der Waals surface area contributed by atoms with Crippen LogP contribution >= 0.6 is 0 Å². The van der Waals surface area contributed by atoms with Crippen LogP contribution in [-0.4, -0.2) is 38.6 Å². The summed E-state index contributed by atoms with van der Waals surface area (Å²) in [6, 6.07) is 0. The number of allylic oxidation sites excluding steroid dienone is 1. The molecule has 0 aromatic rings. The minimum Gasteiger partial charge on any atom is -0.463 e. The highest BCUT2D eigenvalue weighted by Gasteiger charge is 2.01. The zero-order valence-electron chi connectivity index (χ0n) is 10.3. The van der Waals surface area contributed by atoms with Crippen LogP contribution in [0.1, 0.15) is 27.2 Å². The van der Waals surface area contributed by atoms with E-state index in [1.807, 2.05) is 39.0 Å². The van der Waals surface area contributed by atoms with Crippen LogP contribution in [0.5, 0.6) is 0 Å². The highest BCUT2D eigenvalue weighted by molar-refractivity contribution is 5.87. The first kappa shape index (κ1) is 15.6. The highest BCUT2D eigenvalue weighted by atomic mass is 16.5. The molecule has 84 valence electrons. The zero-order valence-corrected chi connectivity index (χ0v) is 10.3. The standard InChI is InChI=1S/C8H14O2.C3H9N/c1-4-6-7(3)8(9)10-5-2;1-4(2)3/h6H,4-5H2,1-3H3;1-3H3/b7-6+;. The molecule has 0 atom stereocenters. The normalized spacial score (nSPS) is 10.6. The van der Waals surface area contributed by atoms with Gasteiger partial charge in [0.2, 0.25) is 0 Å². The van der Waals surface area contributed by atoms with Gasteiger partial charge in [0, 0.05) is 5.57 Å². The van der Waals surface area contributed by atoms with E-state index >= 15 is 0 Å². The van der Waals surface area contributed by atoms with Crippen molar-refractivity contribution in [1.29, 1.82) is 0 Å². The summed E-state index contributed by atoms with van der Waals surface area (Å²) in [6.45, 7) is 6.01. The number of carbonyl (C=O) groups is 1. The van der Waals surface area contributed by atoms with Crippen molar-refractivity contribution in [3.63, 3.8) is 0 Å². The third-order valence-electron chi connectivity index (χ3n) is 1.11. The Morgan fingerprint density at radius 3 is 2.00 bits per heavy atom. The van der Waals surface area contributed by atoms with Crippen molar-refractivity contribution in [3.8, 4) is 0 Å². The van der Waals surface area contributed by atoms with Crippen molar-refractivity contribution in [2.75, 3.05) is 27.7 Å². The molecule has 0 N–H and O–H groups in total. The Kier molecular flexibility index (Phi) is 11.4. The van der Waals surface area contributed by atoms with Crippen LogP contribution < -0.4 is 0 Å². The third kappa shape index (κ3) is 13.7. The quantitative estimate of drug-likeness (QED) is 0.517. The van der Waals surface area contributed by atoms with Gasteiger partial charge >= 0.3 is 5.97 Å². The summed E-state index contributed by atoms with van der Waals surface area (Å²) in [5, 5.41) is 0. The Bertz CT molecular complexity index is 171. The maximum Gasteiger partial charge on any atom is 0.333 e. The van der Waals surface area contributed by atoms with Gasteiger partial charge in [-0.1, -0.05) is 13.0 Å². The molecule has 3 heteroatoms. The van der Waals surface area contributed by atoms with Crippen molar-refractivity contribution in [1.82, 2.24) is 4.90 Å². The number of nitrogens with zero attached hydrogens (tertiary/aromatic N) is 1. The van der Waals surface area contributed by atoms with Crippen LogP contribution in [0.3, 0.4) is 0 Å². The highest BCUT2D eigenvalue weighted by Crippen LogP contribution is 1.97. The first-order valence-corrected chi connectivity index (χ1v) is 4.90. The van der Waals surface area contributed by atoms with E-state index in [1.165, 1.54) is 0 Å². The molecule has 0 aliphatic heterocycles. The lowest BCUT2D eigenvalue weighted by molar-refractivity contribution is -0.138. The Morgan fingerprint density at radius 2 is 1.71 bits per heavy atom. The largest absolute Gasteiger partial charge is 0.463 e. The van der Waals surface area contributed by atoms with Gasteiger partial charge in [0.25, 0.3) is 0 Å². The smallest absolute Gasteiger partial charge is 0.333 e. The number of carbonyl (C=O) groups excluding carboxylic acids is 1. The molecule has 0 aliphatic rings. The minimum absolute atomic E-state index is 0.204. The van der Waals surface area contributed by atoms with Crippen LogP contribution in [0.25, 0.3) is 0 Å². The van der Waals surface area contributed by atoms with E-state index in [4.69, 9.17) is 4.74 Å². The van der Waals surface area contributed by atoms with Gasteiger partial charge in [-0.25, -0.2) is 4.79 Å². The molecule has 0 unspecified atom stereocenters. The van der Waals surface area contributed by atoms with Gasteiger partial charge < -0.3 is 9.64 Å². The van der Waals surface area contributed by atoms with Crippen molar-refractivity contribution in [2.45, 2.75) is 27.2 Å². The van der Waals surface area contributed by atoms with Gasteiger partial charge in [-0.3, -0.25) is 0 Å². The third-order valence-corrected chi connectivity index (χ3v) is 1.11. The van der Waals surface area contributed by atoms with Gasteiger partial charge in [0.05, 0.1) is 6.61 Å². The molecule has 3 nitrogen and oxygen atoms in total. The van der Waals surface area contributed by atoms with E-state index in [1.54, 1.807) is 13.8 Å². The first-order chi connectivity index (χ1) is 6.45. The number of hydrogen-bond acceptors (Lipinski definition) is 3. The van der Waals surface area contributed by atoms with E-state index in [-0.39, 0.29) is 5.97 Å². The van der Waals surface area contributed by atoms with Gasteiger partial charge in [0.1, 0.15) is 0 Å². The van der Waals surface area contributed by atoms with E-state index in [0.29, 0.717) is 12.2 Å². The molecule has 0 radical (unpaired) electrons. The minimum atomic E-state index is -0.204. The fourth-order valence-electron chi connectivity index (χ4n) is 0.634. The summed E-state index contributed by atoms with van der Waals surface area (Å²) in [6.07, 6.45) is 2.74. The summed E-state index contributed by atoms with van der Waals surface area (Å²) < 4.78 is 4.75. The summed E-state index contributed by atoms with van der Waals surface area (Å²) in [5.41, 5.74) is 0.698. The van der Waals surface area contributed by atoms with Gasteiger partial charge in [0.15, 0.2) is 0 Å². The van der Waals surface area contributed by atoms with Gasteiger partial charge in [-0.2, -0.15) is 0 Å². The molecule has 0 aromatic heterocycles. The molecule has 0 saturated carbocycles. The van der Waals surface area contributed by atoms with E-state index in [9.17, 15) is 4.79 Å². The molecule has 14 heavy (non-hydrogen) atoms. The monoisotopic (exact) mass is 201 g/mol. The molecule has 0 aliphatic carbocycles. The molecule has 0 amide bonds. The van der Waals surface area contributed by atoms with Crippen LogP contribution in [-0.2, 0) is 9.53 Å². The average molecular weight is 201 g/mol. The molecule has 0 rings (SSSR count). The Morgan fingerprint density at radius 1 is 1.29 bits per heavy atom. The lowest BCUT2D eigenvalue weighted by Gasteiger charge is -1.99.